The van der Waals surface area contributed by atoms with Crippen LogP contribution in [-0.2, 0) is 16.1 Å². The Hall–Kier alpha value is -1.98. The second-order valence-electron chi connectivity index (χ2n) is 6.91. The molecule has 1 aromatic heterocycles. The molecule has 9 nitrogen and oxygen atoms in total. The lowest BCUT2D eigenvalue weighted by atomic mass is 9.85. The van der Waals surface area contributed by atoms with Crippen LogP contribution in [0.25, 0.3) is 0 Å². The highest BCUT2D eigenvalue weighted by Gasteiger charge is 2.58. The molecule has 4 rings (SSSR count). The third-order valence-electron chi connectivity index (χ3n) is 5.40. The summed E-state index contributed by atoms with van der Waals surface area (Å²) < 4.78 is 4.91. The van der Waals surface area contributed by atoms with Crippen LogP contribution in [-0.4, -0.2) is 53.0 Å². The van der Waals surface area contributed by atoms with E-state index >= 15 is 0 Å². The number of aryl methyl sites for hydroxylation is 1. The highest BCUT2D eigenvalue weighted by atomic mass is 127. The van der Waals surface area contributed by atoms with Crippen molar-refractivity contribution in [3.05, 3.63) is 23.9 Å². The van der Waals surface area contributed by atoms with Crippen LogP contribution in [0, 0.1) is 30.6 Å². The fourth-order valence-corrected chi connectivity index (χ4v) is 4.27. The smallest absolute Gasteiger partial charge is 0.233 e. The topological polar surface area (TPSA) is 113 Å². The summed E-state index contributed by atoms with van der Waals surface area (Å²) in [6.45, 7) is 2.87. The van der Waals surface area contributed by atoms with Gasteiger partial charge in [-0.05, 0) is 18.3 Å². The van der Waals surface area contributed by atoms with Crippen molar-refractivity contribution in [2.75, 3.05) is 20.1 Å². The number of hydrogen-bond donors (Lipinski definition) is 2. The molecule has 27 heavy (non-hydrogen) atoms. The number of carbonyl (C=O) groups is 2. The van der Waals surface area contributed by atoms with Gasteiger partial charge >= 0.3 is 0 Å². The van der Waals surface area contributed by atoms with E-state index < -0.39 is 0 Å². The van der Waals surface area contributed by atoms with Gasteiger partial charge in [0, 0.05) is 27.1 Å². The van der Waals surface area contributed by atoms with E-state index in [2.05, 4.69) is 37.9 Å². The number of hydrogen-bond acceptors (Lipinski definition) is 6. The number of carbonyl (C=O) groups excluding carboxylic acids is 2. The van der Waals surface area contributed by atoms with Crippen LogP contribution < -0.4 is 10.6 Å². The fraction of sp³-hybridized carbons (Fsp3) is 0.588. The summed E-state index contributed by atoms with van der Waals surface area (Å²) in [5.41, 5.74) is 0. The molecule has 1 aliphatic heterocycles. The standard InChI is InChI=1S/C17H22N6O3.HI/c1-9-21-12(22-26-9)8-20-17(18-2)19-5-6-23-15(24)13-10-3-4-11(7-10)14(13)16(23)25;/h3-4,10-11,13-14H,5-8H2,1-2H3,(H2,18,19,20);1H. The Morgan fingerprint density at radius 3 is 2.48 bits per heavy atom. The Bertz CT molecular complexity index is 761. The van der Waals surface area contributed by atoms with E-state index in [1.54, 1.807) is 14.0 Å². The minimum atomic E-state index is -0.142. The summed E-state index contributed by atoms with van der Waals surface area (Å²) in [7, 11) is 1.65. The lowest BCUT2D eigenvalue weighted by molar-refractivity contribution is -0.140. The predicted molar refractivity (Wildman–Crippen MR) is 107 cm³/mol. The first-order valence-electron chi connectivity index (χ1n) is 8.85. The van der Waals surface area contributed by atoms with Gasteiger partial charge in [0.1, 0.15) is 0 Å². The molecule has 1 aromatic rings. The number of fused-ring (bicyclic) bond motifs is 5. The highest BCUT2D eigenvalue weighted by Crippen LogP contribution is 2.52. The second kappa shape index (κ2) is 7.95. The molecule has 4 atom stereocenters. The fourth-order valence-electron chi connectivity index (χ4n) is 4.27. The van der Waals surface area contributed by atoms with Crippen LogP contribution in [0.15, 0.2) is 21.7 Å². The molecule has 3 aliphatic rings. The van der Waals surface area contributed by atoms with Crippen molar-refractivity contribution in [2.45, 2.75) is 19.9 Å². The van der Waals surface area contributed by atoms with Gasteiger partial charge in [-0.1, -0.05) is 17.3 Å². The monoisotopic (exact) mass is 486 g/mol. The third kappa shape index (κ3) is 3.58. The summed E-state index contributed by atoms with van der Waals surface area (Å²) in [4.78, 5) is 34.9. The molecular formula is C17H23IN6O3. The number of aromatic nitrogens is 2. The number of nitrogens with zero attached hydrogens (tertiary/aromatic N) is 4. The molecule has 0 aromatic carbocycles. The molecule has 146 valence electrons. The molecule has 2 fully saturated rings. The average Bonchev–Trinajstić information content (AvgIpc) is 3.38. The summed E-state index contributed by atoms with van der Waals surface area (Å²) in [6.07, 6.45) is 5.15. The van der Waals surface area contributed by atoms with Gasteiger partial charge in [-0.15, -0.1) is 24.0 Å². The SMILES string of the molecule is CN=C(NCCN1C(=O)C2C3C=CC(C3)C2C1=O)NCc1noc(C)n1.I. The van der Waals surface area contributed by atoms with Crippen molar-refractivity contribution in [3.8, 4) is 0 Å². The molecule has 10 heteroatoms. The van der Waals surface area contributed by atoms with Gasteiger partial charge in [-0.2, -0.15) is 4.98 Å². The molecule has 0 spiro atoms. The van der Waals surface area contributed by atoms with E-state index in [4.69, 9.17) is 4.52 Å². The largest absolute Gasteiger partial charge is 0.355 e. The lowest BCUT2D eigenvalue weighted by Crippen LogP contribution is -2.43. The Morgan fingerprint density at radius 2 is 1.93 bits per heavy atom. The zero-order chi connectivity index (χ0) is 18.3. The first-order chi connectivity index (χ1) is 12.6. The van der Waals surface area contributed by atoms with Gasteiger partial charge in [-0.3, -0.25) is 19.5 Å². The van der Waals surface area contributed by atoms with Crippen molar-refractivity contribution in [1.29, 1.82) is 0 Å². The molecule has 2 heterocycles. The Kier molecular flexibility index (Phi) is 5.82. The minimum absolute atomic E-state index is 0. The quantitative estimate of drug-likeness (QED) is 0.205. The number of aliphatic imine (C=N–C) groups is 1. The van der Waals surface area contributed by atoms with Crippen molar-refractivity contribution < 1.29 is 14.1 Å². The Balaban J connectivity index is 0.00000210. The lowest BCUT2D eigenvalue weighted by Gasteiger charge is -2.18. The van der Waals surface area contributed by atoms with Crippen molar-refractivity contribution >= 4 is 41.8 Å². The molecule has 2 amide bonds. The van der Waals surface area contributed by atoms with E-state index in [1.165, 1.54) is 4.90 Å². The predicted octanol–water partition coefficient (Wildman–Crippen LogP) is 0.468. The molecule has 2 N–H and O–H groups in total. The number of allylic oxidation sites excluding steroid dienone is 2. The maximum atomic E-state index is 12.6. The molecule has 4 unspecified atom stereocenters. The maximum Gasteiger partial charge on any atom is 0.233 e. The Labute approximate surface area is 174 Å². The van der Waals surface area contributed by atoms with E-state index in [-0.39, 0.29) is 59.5 Å². The molecular weight excluding hydrogens is 463 g/mol. The van der Waals surface area contributed by atoms with E-state index in [0.29, 0.717) is 37.3 Å². The zero-order valence-corrected chi connectivity index (χ0v) is 17.5. The van der Waals surface area contributed by atoms with Crippen molar-refractivity contribution in [3.63, 3.8) is 0 Å². The maximum absolute atomic E-state index is 12.6. The third-order valence-corrected chi connectivity index (χ3v) is 5.40. The van der Waals surface area contributed by atoms with E-state index in [9.17, 15) is 9.59 Å². The molecule has 0 radical (unpaired) electrons. The average molecular weight is 486 g/mol. The number of halogens is 1. The number of amides is 2. The second-order valence-corrected chi connectivity index (χ2v) is 6.91. The molecule has 1 saturated carbocycles. The minimum Gasteiger partial charge on any atom is -0.355 e. The van der Waals surface area contributed by atoms with Crippen LogP contribution in [0.3, 0.4) is 0 Å². The number of likely N-dealkylation sites (tertiary alicyclic amines) is 1. The molecule has 2 aliphatic carbocycles. The molecule has 2 bridgehead atoms. The number of rotatable bonds is 5. The summed E-state index contributed by atoms with van der Waals surface area (Å²) in [5.74, 6) is 1.74. The van der Waals surface area contributed by atoms with Gasteiger partial charge in [0.05, 0.1) is 18.4 Å². The van der Waals surface area contributed by atoms with Crippen LogP contribution in [0.5, 0.6) is 0 Å². The van der Waals surface area contributed by atoms with E-state index in [1.807, 2.05) is 0 Å². The summed E-state index contributed by atoms with van der Waals surface area (Å²) >= 11 is 0. The van der Waals surface area contributed by atoms with Gasteiger partial charge in [-0.25, -0.2) is 0 Å². The van der Waals surface area contributed by atoms with Gasteiger partial charge in [0.25, 0.3) is 0 Å². The van der Waals surface area contributed by atoms with Gasteiger partial charge in [0.2, 0.25) is 17.7 Å². The first-order valence-corrected chi connectivity index (χ1v) is 8.85. The first kappa shape index (κ1) is 19.8. The van der Waals surface area contributed by atoms with E-state index in [0.717, 1.165) is 6.42 Å². The van der Waals surface area contributed by atoms with Crippen molar-refractivity contribution in [1.82, 2.24) is 25.7 Å². The van der Waals surface area contributed by atoms with Crippen LogP contribution in [0.1, 0.15) is 18.1 Å². The van der Waals surface area contributed by atoms with Crippen LogP contribution in [0.4, 0.5) is 0 Å². The number of guanidine groups is 1. The highest BCUT2D eigenvalue weighted by molar-refractivity contribution is 14.0. The Morgan fingerprint density at radius 1 is 1.26 bits per heavy atom. The van der Waals surface area contributed by atoms with Gasteiger partial charge < -0.3 is 15.2 Å². The summed E-state index contributed by atoms with van der Waals surface area (Å²) in [5, 5.41) is 9.98. The zero-order valence-electron chi connectivity index (χ0n) is 15.2. The van der Waals surface area contributed by atoms with Crippen molar-refractivity contribution in [2.24, 2.45) is 28.7 Å². The van der Waals surface area contributed by atoms with Gasteiger partial charge in [0.15, 0.2) is 11.8 Å². The summed E-state index contributed by atoms with van der Waals surface area (Å²) in [6, 6.07) is 0. The number of imide groups is 1. The van der Waals surface area contributed by atoms with Crippen LogP contribution in [0.2, 0.25) is 0 Å². The normalized spacial score (nSPS) is 28.5. The van der Waals surface area contributed by atoms with Crippen LogP contribution >= 0.6 is 24.0 Å². The molecule has 1 saturated heterocycles. The number of nitrogens with one attached hydrogen (secondary N) is 2.